The van der Waals surface area contributed by atoms with E-state index >= 15 is 0 Å². The third-order valence-corrected chi connectivity index (χ3v) is 16.1. The molecule has 1 amide bonds. The topological polar surface area (TPSA) is 228 Å². The van der Waals surface area contributed by atoms with Gasteiger partial charge in [0.2, 0.25) is 5.91 Å². The SMILES string of the molecule is CCCCCCCCCC/C=C\CCCCCCCCCCCCCCCCCCCCCC(=O)NC(COC1OC(CO)C(OC2OC(CO)C(O)C(O)C2O)C(O)C1O)C(O)/C=C/CCCCCCCCCCCCC. The summed E-state index contributed by atoms with van der Waals surface area (Å²) in [5, 5.41) is 87.1. The Labute approximate surface area is 475 Å². The molecule has 0 saturated carbocycles. The van der Waals surface area contributed by atoms with Gasteiger partial charge in [-0.25, -0.2) is 0 Å². The van der Waals surface area contributed by atoms with Crippen LogP contribution in [0.2, 0.25) is 0 Å². The molecule has 0 bridgehead atoms. The summed E-state index contributed by atoms with van der Waals surface area (Å²) in [7, 11) is 0. The summed E-state index contributed by atoms with van der Waals surface area (Å²) in [4.78, 5) is 13.3. The molecule has 2 saturated heterocycles. The summed E-state index contributed by atoms with van der Waals surface area (Å²) in [5.74, 6) is -0.235. The van der Waals surface area contributed by atoms with Gasteiger partial charge in [-0.1, -0.05) is 256 Å². The van der Waals surface area contributed by atoms with Crippen molar-refractivity contribution in [3.8, 4) is 0 Å². The van der Waals surface area contributed by atoms with E-state index in [1.807, 2.05) is 6.08 Å². The minimum atomic E-state index is -1.79. The number of unbranched alkanes of at least 4 members (excludes halogenated alkanes) is 38. The standard InChI is InChI=1S/C64H121NO13/c1-3-5-7-9-11-13-15-17-18-19-20-21-22-23-24-25-26-27-28-29-30-31-32-33-34-36-38-40-42-44-46-48-56(69)65-52(53(68)47-45-43-41-39-37-35-16-14-12-10-8-6-4-2)51-75-63-61(74)59(72)62(55(50-67)77-63)78-64-60(73)58(71)57(70)54(49-66)76-64/h19-20,45,47,52-55,57-64,66-68,70-74H,3-18,21-44,46,48-51H2,1-2H3,(H,65,69)/b20-19-,47-45+. The molecular weight excluding hydrogens is 991 g/mol. The molecule has 2 heterocycles. The van der Waals surface area contributed by atoms with Gasteiger partial charge in [0.05, 0.1) is 32.0 Å². The number of aliphatic hydroxyl groups is 8. The lowest BCUT2D eigenvalue weighted by Crippen LogP contribution is -2.65. The van der Waals surface area contributed by atoms with Gasteiger partial charge in [0.25, 0.3) is 0 Å². The number of nitrogens with one attached hydrogen (secondary N) is 1. The van der Waals surface area contributed by atoms with Gasteiger partial charge in [0, 0.05) is 6.42 Å². The molecule has 0 spiro atoms. The Kier molecular flexibility index (Phi) is 46.5. The zero-order valence-corrected chi connectivity index (χ0v) is 49.7. The predicted octanol–water partition coefficient (Wildman–Crippen LogP) is 12.0. The number of aliphatic hydroxyl groups excluding tert-OH is 8. The van der Waals surface area contributed by atoms with E-state index in [9.17, 15) is 45.6 Å². The van der Waals surface area contributed by atoms with Crippen molar-refractivity contribution in [2.75, 3.05) is 19.8 Å². The summed E-state index contributed by atoms with van der Waals surface area (Å²) in [5.41, 5.74) is 0. The number of ether oxygens (including phenoxy) is 4. The first-order valence-corrected chi connectivity index (χ1v) is 32.6. The van der Waals surface area contributed by atoms with Gasteiger partial charge in [-0.3, -0.25) is 4.79 Å². The first-order valence-electron chi connectivity index (χ1n) is 32.6. The summed E-state index contributed by atoms with van der Waals surface area (Å²) in [6.07, 6.45) is 43.9. The molecule has 460 valence electrons. The van der Waals surface area contributed by atoms with Gasteiger partial charge < -0.3 is 65.1 Å². The smallest absolute Gasteiger partial charge is 0.220 e. The van der Waals surface area contributed by atoms with E-state index in [4.69, 9.17) is 18.9 Å². The van der Waals surface area contributed by atoms with Crippen molar-refractivity contribution in [2.45, 2.75) is 357 Å². The predicted molar refractivity (Wildman–Crippen MR) is 314 cm³/mol. The van der Waals surface area contributed by atoms with E-state index in [0.717, 1.165) is 38.5 Å². The van der Waals surface area contributed by atoms with E-state index in [-0.39, 0.29) is 18.9 Å². The Morgan fingerprint density at radius 3 is 1.22 bits per heavy atom. The molecule has 2 aliphatic heterocycles. The molecule has 12 unspecified atom stereocenters. The Bertz CT molecular complexity index is 1400. The van der Waals surface area contributed by atoms with Crippen LogP contribution in [0.4, 0.5) is 0 Å². The number of hydrogen-bond donors (Lipinski definition) is 9. The first-order chi connectivity index (χ1) is 38.1. The molecule has 14 nitrogen and oxygen atoms in total. The number of carbonyl (C=O) groups is 1. The van der Waals surface area contributed by atoms with Crippen molar-refractivity contribution >= 4 is 5.91 Å². The Morgan fingerprint density at radius 1 is 0.449 bits per heavy atom. The Hall–Kier alpha value is -1.53. The maximum Gasteiger partial charge on any atom is 0.220 e. The number of allylic oxidation sites excluding steroid dienone is 3. The van der Waals surface area contributed by atoms with Crippen LogP contribution in [-0.2, 0) is 23.7 Å². The molecule has 78 heavy (non-hydrogen) atoms. The van der Waals surface area contributed by atoms with Crippen LogP contribution in [0.3, 0.4) is 0 Å². The summed E-state index contributed by atoms with van der Waals surface area (Å²) < 4.78 is 22.8. The normalized spacial score (nSPS) is 24.6. The van der Waals surface area contributed by atoms with E-state index < -0.39 is 86.8 Å². The second-order valence-corrected chi connectivity index (χ2v) is 23.2. The van der Waals surface area contributed by atoms with Gasteiger partial charge in [-0.2, -0.15) is 0 Å². The molecule has 0 aliphatic carbocycles. The summed E-state index contributed by atoms with van der Waals surface area (Å²) in [6, 6.07) is -0.911. The number of carbonyl (C=O) groups excluding carboxylic acids is 1. The van der Waals surface area contributed by atoms with Crippen molar-refractivity contribution in [3.63, 3.8) is 0 Å². The fourth-order valence-electron chi connectivity index (χ4n) is 10.9. The van der Waals surface area contributed by atoms with Crippen LogP contribution >= 0.6 is 0 Å². The minimum Gasteiger partial charge on any atom is -0.394 e. The zero-order valence-electron chi connectivity index (χ0n) is 49.7. The highest BCUT2D eigenvalue weighted by Gasteiger charge is 2.51. The van der Waals surface area contributed by atoms with E-state index in [0.29, 0.717) is 6.42 Å². The van der Waals surface area contributed by atoms with Gasteiger partial charge in [-0.15, -0.1) is 0 Å². The highest BCUT2D eigenvalue weighted by atomic mass is 16.7. The molecule has 9 N–H and O–H groups in total. The van der Waals surface area contributed by atoms with Gasteiger partial charge in [0.15, 0.2) is 12.6 Å². The largest absolute Gasteiger partial charge is 0.394 e. The van der Waals surface area contributed by atoms with Crippen molar-refractivity contribution in [1.29, 1.82) is 0 Å². The van der Waals surface area contributed by atoms with Gasteiger partial charge in [0.1, 0.15) is 48.8 Å². The van der Waals surface area contributed by atoms with Crippen molar-refractivity contribution in [2.24, 2.45) is 0 Å². The minimum absolute atomic E-state index is 0.235. The van der Waals surface area contributed by atoms with Crippen LogP contribution in [0.25, 0.3) is 0 Å². The molecule has 0 aromatic carbocycles. The summed E-state index contributed by atoms with van der Waals surface area (Å²) >= 11 is 0. The average Bonchev–Trinajstić information content (AvgIpc) is 3.47. The van der Waals surface area contributed by atoms with Crippen molar-refractivity contribution < 1.29 is 64.6 Å². The maximum atomic E-state index is 13.3. The molecule has 0 radical (unpaired) electrons. The van der Waals surface area contributed by atoms with Gasteiger partial charge >= 0.3 is 0 Å². The van der Waals surface area contributed by atoms with Gasteiger partial charge in [-0.05, 0) is 44.9 Å². The van der Waals surface area contributed by atoms with Crippen LogP contribution in [0.1, 0.15) is 284 Å². The zero-order chi connectivity index (χ0) is 56.7. The molecule has 2 rings (SSSR count). The third-order valence-electron chi connectivity index (χ3n) is 16.1. The average molecular weight is 1110 g/mol. The van der Waals surface area contributed by atoms with E-state index in [1.165, 1.54) is 218 Å². The highest BCUT2D eigenvalue weighted by molar-refractivity contribution is 5.76. The summed E-state index contributed by atoms with van der Waals surface area (Å²) in [6.45, 7) is 2.82. The second-order valence-electron chi connectivity index (χ2n) is 23.2. The molecule has 2 aliphatic rings. The lowest BCUT2D eigenvalue weighted by molar-refractivity contribution is -0.359. The molecule has 0 aromatic rings. The third kappa shape index (κ3) is 34.8. The number of rotatable bonds is 53. The fraction of sp³-hybridized carbons (Fsp3) is 0.922. The lowest BCUT2D eigenvalue weighted by Gasteiger charge is -2.46. The van der Waals surface area contributed by atoms with Crippen LogP contribution < -0.4 is 5.32 Å². The molecule has 2 fully saturated rings. The number of hydrogen-bond acceptors (Lipinski definition) is 13. The van der Waals surface area contributed by atoms with Crippen LogP contribution in [0.15, 0.2) is 24.3 Å². The number of amides is 1. The Morgan fingerprint density at radius 2 is 0.808 bits per heavy atom. The molecule has 14 heteroatoms. The Balaban J connectivity index is 1.63. The molecule has 12 atom stereocenters. The van der Waals surface area contributed by atoms with Crippen LogP contribution in [0, 0.1) is 0 Å². The highest BCUT2D eigenvalue weighted by Crippen LogP contribution is 2.30. The fourth-order valence-corrected chi connectivity index (χ4v) is 10.9. The van der Waals surface area contributed by atoms with E-state index in [1.54, 1.807) is 6.08 Å². The van der Waals surface area contributed by atoms with Crippen molar-refractivity contribution in [1.82, 2.24) is 5.32 Å². The van der Waals surface area contributed by atoms with Crippen LogP contribution in [-0.4, -0.2) is 140 Å². The van der Waals surface area contributed by atoms with Crippen molar-refractivity contribution in [3.05, 3.63) is 24.3 Å². The molecule has 0 aromatic heterocycles. The monoisotopic (exact) mass is 1110 g/mol. The maximum absolute atomic E-state index is 13.3. The lowest BCUT2D eigenvalue weighted by atomic mass is 9.97. The van der Waals surface area contributed by atoms with E-state index in [2.05, 4.69) is 31.3 Å². The first kappa shape index (κ1) is 72.6. The second kappa shape index (κ2) is 50.0. The molecular formula is C64H121NO13. The quantitative estimate of drug-likeness (QED) is 0.0204. The van der Waals surface area contributed by atoms with Crippen LogP contribution in [0.5, 0.6) is 0 Å².